The maximum atomic E-state index is 9.26. The predicted octanol–water partition coefficient (Wildman–Crippen LogP) is 2.19. The number of nitrogens with zero attached hydrogens (tertiary/aromatic N) is 2. The summed E-state index contributed by atoms with van der Waals surface area (Å²) in [5.74, 6) is 0.187. The molecule has 0 saturated carbocycles. The van der Waals surface area contributed by atoms with Gasteiger partial charge < -0.3 is 5.11 Å². The highest BCUT2D eigenvalue weighted by atomic mass is 32.1. The first kappa shape index (κ1) is 10.8. The van der Waals surface area contributed by atoms with Gasteiger partial charge in [-0.15, -0.1) is 0 Å². The van der Waals surface area contributed by atoms with Crippen LogP contribution in [-0.4, -0.2) is 26.2 Å². The largest absolute Gasteiger partial charge is 0.508 e. The van der Waals surface area contributed by atoms with Gasteiger partial charge in [0.05, 0.1) is 6.21 Å². The Morgan fingerprint density at radius 2 is 1.94 bits per heavy atom. The van der Waals surface area contributed by atoms with Gasteiger partial charge in [0, 0.05) is 0 Å². The number of hydrogen-bond donors (Lipinski definition) is 3. The number of H-pyrrole nitrogens is 2. The van der Waals surface area contributed by atoms with Crippen LogP contribution in [-0.2, 0) is 0 Å². The van der Waals surface area contributed by atoms with E-state index in [1.54, 1.807) is 24.4 Å². The Labute approximate surface area is 101 Å². The fourth-order valence-corrected chi connectivity index (χ4v) is 1.58. The molecule has 0 saturated heterocycles. The quantitative estimate of drug-likeness (QED) is 0.567. The molecule has 16 heavy (non-hydrogen) atoms. The maximum absolute atomic E-state index is 9.26. The van der Waals surface area contributed by atoms with Crippen LogP contribution in [0, 0.1) is 9.54 Å². The number of aromatic amines is 2. The van der Waals surface area contributed by atoms with E-state index in [0.717, 1.165) is 5.56 Å². The molecule has 2 aromatic rings. The molecule has 0 unspecified atom stereocenters. The Balaban J connectivity index is 2.35. The van der Waals surface area contributed by atoms with Crippen molar-refractivity contribution in [2.24, 2.45) is 5.10 Å². The summed E-state index contributed by atoms with van der Waals surface area (Å²) in [6.45, 7) is 0. The van der Waals surface area contributed by atoms with Crippen LogP contribution in [0.2, 0.25) is 0 Å². The molecule has 1 aromatic heterocycles. The van der Waals surface area contributed by atoms with Gasteiger partial charge in [0.2, 0.25) is 9.54 Å². The van der Waals surface area contributed by atoms with E-state index in [1.165, 1.54) is 4.68 Å². The standard InChI is InChI=1S/C9H8N4OS2/c14-7-3-1-2-6(4-7)5-10-13-8(15)11-12-9(13)16/h1-5,14H,(H,11,15)(H,12,16)/b10-5-. The van der Waals surface area contributed by atoms with Crippen molar-refractivity contribution in [1.82, 2.24) is 14.9 Å². The molecular formula is C9H8N4OS2. The topological polar surface area (TPSA) is 69.1 Å². The highest BCUT2D eigenvalue weighted by molar-refractivity contribution is 7.72. The number of phenols is 1. The molecule has 1 aromatic carbocycles. The minimum absolute atomic E-state index is 0.187. The Morgan fingerprint density at radius 3 is 2.56 bits per heavy atom. The highest BCUT2D eigenvalue weighted by Gasteiger charge is 1.93. The van der Waals surface area contributed by atoms with Gasteiger partial charge in [-0.25, -0.2) is 0 Å². The van der Waals surface area contributed by atoms with Crippen molar-refractivity contribution in [1.29, 1.82) is 0 Å². The molecule has 0 bridgehead atoms. The van der Waals surface area contributed by atoms with E-state index in [2.05, 4.69) is 15.3 Å². The molecule has 3 N–H and O–H groups in total. The van der Waals surface area contributed by atoms with E-state index in [9.17, 15) is 5.11 Å². The first-order valence-corrected chi connectivity index (χ1v) is 5.21. The fourth-order valence-electron chi connectivity index (χ4n) is 1.14. The molecule has 7 heteroatoms. The summed E-state index contributed by atoms with van der Waals surface area (Å²) < 4.78 is 2.16. The third kappa shape index (κ3) is 2.26. The van der Waals surface area contributed by atoms with Crippen LogP contribution in [0.15, 0.2) is 29.4 Å². The lowest BCUT2D eigenvalue weighted by molar-refractivity contribution is 0.475. The highest BCUT2D eigenvalue weighted by Crippen LogP contribution is 2.08. The Morgan fingerprint density at radius 1 is 1.25 bits per heavy atom. The van der Waals surface area contributed by atoms with Crippen molar-refractivity contribution in [3.8, 4) is 5.75 Å². The molecule has 0 atom stereocenters. The predicted molar refractivity (Wildman–Crippen MR) is 65.9 cm³/mol. The molecule has 0 aliphatic rings. The molecule has 0 spiro atoms. The van der Waals surface area contributed by atoms with Gasteiger partial charge in [0.25, 0.3) is 0 Å². The molecular weight excluding hydrogens is 244 g/mol. The van der Waals surface area contributed by atoms with E-state index in [1.807, 2.05) is 6.07 Å². The zero-order chi connectivity index (χ0) is 11.5. The second kappa shape index (κ2) is 4.42. The van der Waals surface area contributed by atoms with Gasteiger partial charge in [-0.05, 0) is 42.1 Å². The average molecular weight is 252 g/mol. The van der Waals surface area contributed by atoms with Crippen molar-refractivity contribution in [3.05, 3.63) is 39.4 Å². The summed E-state index contributed by atoms with van der Waals surface area (Å²) in [4.78, 5) is 0. The van der Waals surface area contributed by atoms with Crippen molar-refractivity contribution >= 4 is 30.7 Å². The lowest BCUT2D eigenvalue weighted by Crippen LogP contribution is -1.90. The van der Waals surface area contributed by atoms with E-state index in [4.69, 9.17) is 24.4 Å². The van der Waals surface area contributed by atoms with Gasteiger partial charge in [-0.3, -0.25) is 10.2 Å². The van der Waals surface area contributed by atoms with Gasteiger partial charge in [-0.1, -0.05) is 12.1 Å². The summed E-state index contributed by atoms with van der Waals surface area (Å²) in [5, 5.41) is 18.7. The molecule has 82 valence electrons. The number of hydrogen-bond acceptors (Lipinski definition) is 4. The average Bonchev–Trinajstić information content (AvgIpc) is 2.56. The lowest BCUT2D eigenvalue weighted by atomic mass is 10.2. The number of benzene rings is 1. The summed E-state index contributed by atoms with van der Waals surface area (Å²) in [7, 11) is 0. The van der Waals surface area contributed by atoms with Crippen LogP contribution in [0.1, 0.15) is 5.56 Å². The van der Waals surface area contributed by atoms with Crippen LogP contribution in [0.25, 0.3) is 0 Å². The zero-order valence-corrected chi connectivity index (χ0v) is 9.68. The Hall–Kier alpha value is -1.73. The van der Waals surface area contributed by atoms with Crippen LogP contribution in [0.3, 0.4) is 0 Å². The van der Waals surface area contributed by atoms with Crippen LogP contribution in [0.5, 0.6) is 5.75 Å². The lowest BCUT2D eigenvalue weighted by Gasteiger charge is -1.94. The Bertz CT molecular complexity index is 610. The molecule has 0 aliphatic heterocycles. The third-order valence-electron chi connectivity index (χ3n) is 1.85. The first-order valence-electron chi connectivity index (χ1n) is 4.40. The zero-order valence-electron chi connectivity index (χ0n) is 8.04. The normalized spacial score (nSPS) is 11.0. The third-order valence-corrected chi connectivity index (χ3v) is 2.40. The van der Waals surface area contributed by atoms with E-state index in [-0.39, 0.29) is 5.75 Å². The van der Waals surface area contributed by atoms with Crippen LogP contribution >= 0.6 is 24.4 Å². The van der Waals surface area contributed by atoms with Crippen LogP contribution < -0.4 is 0 Å². The minimum Gasteiger partial charge on any atom is -0.508 e. The van der Waals surface area contributed by atoms with Gasteiger partial charge in [0.1, 0.15) is 5.75 Å². The number of aromatic hydroxyl groups is 1. The summed E-state index contributed by atoms with van der Waals surface area (Å²) in [6, 6.07) is 6.72. The minimum atomic E-state index is 0.187. The summed E-state index contributed by atoms with van der Waals surface area (Å²) in [6.07, 6.45) is 1.56. The molecule has 2 rings (SSSR count). The summed E-state index contributed by atoms with van der Waals surface area (Å²) in [5.41, 5.74) is 0.762. The first-order chi connectivity index (χ1) is 7.66. The Kier molecular flexibility index (Phi) is 2.97. The van der Waals surface area contributed by atoms with E-state index >= 15 is 0 Å². The van der Waals surface area contributed by atoms with Gasteiger partial charge in [-0.2, -0.15) is 9.78 Å². The molecule has 0 aliphatic carbocycles. The van der Waals surface area contributed by atoms with Gasteiger partial charge in [0.15, 0.2) is 0 Å². The van der Waals surface area contributed by atoms with Gasteiger partial charge >= 0.3 is 0 Å². The smallest absolute Gasteiger partial charge is 0.215 e. The monoisotopic (exact) mass is 252 g/mol. The second-order valence-corrected chi connectivity index (χ2v) is 3.79. The van der Waals surface area contributed by atoms with Crippen molar-refractivity contribution in [2.45, 2.75) is 0 Å². The van der Waals surface area contributed by atoms with Crippen molar-refractivity contribution in [2.75, 3.05) is 0 Å². The number of aromatic nitrogens is 3. The molecule has 1 heterocycles. The maximum Gasteiger partial charge on any atom is 0.215 e. The van der Waals surface area contributed by atoms with Crippen LogP contribution in [0.4, 0.5) is 0 Å². The molecule has 0 fully saturated rings. The van der Waals surface area contributed by atoms with Crippen molar-refractivity contribution in [3.63, 3.8) is 0 Å². The number of phenolic OH excluding ortho intramolecular Hbond substituents is 1. The molecule has 5 nitrogen and oxygen atoms in total. The molecule has 0 radical (unpaired) electrons. The number of nitrogens with one attached hydrogen (secondary N) is 2. The fraction of sp³-hybridized carbons (Fsp3) is 0. The molecule has 0 amide bonds. The summed E-state index contributed by atoms with van der Waals surface area (Å²) >= 11 is 9.92. The van der Waals surface area contributed by atoms with E-state index < -0.39 is 0 Å². The number of rotatable bonds is 2. The van der Waals surface area contributed by atoms with E-state index in [0.29, 0.717) is 9.54 Å². The van der Waals surface area contributed by atoms with Crippen molar-refractivity contribution < 1.29 is 5.11 Å². The SMILES string of the molecule is Oc1cccc(/C=N\n2c(=S)[nH][nH]c2=S)c1. The second-order valence-electron chi connectivity index (χ2n) is 3.01.